The fraction of sp³-hybridized carbons (Fsp3) is 0.444. The molecular weight excluding hydrogens is 282 g/mol. The number of aliphatic carboxylic acids is 1. The number of fused-ring (bicyclic) bond motifs is 1. The largest absolute Gasteiger partial charge is 0.477 e. The van der Waals surface area contributed by atoms with Crippen molar-refractivity contribution in [2.45, 2.75) is 11.0 Å². The Morgan fingerprint density at radius 2 is 2.44 bits per heavy atom. The molecule has 0 aromatic heterocycles. The fourth-order valence-corrected chi connectivity index (χ4v) is 3.69. The van der Waals surface area contributed by atoms with Crippen molar-refractivity contribution in [1.29, 1.82) is 0 Å². The summed E-state index contributed by atoms with van der Waals surface area (Å²) in [4.78, 5) is 34.6. The van der Waals surface area contributed by atoms with Gasteiger partial charge in [0.1, 0.15) is 11.1 Å². The number of nitrogens with two attached hydrogens (primary N) is 1. The second-order valence-corrected chi connectivity index (χ2v) is 5.20. The molecule has 2 heterocycles. The molecular formula is C9H10ClN3O4S. The Morgan fingerprint density at radius 3 is 2.94 bits per heavy atom. The maximum Gasteiger partial charge on any atom is 0.352 e. The molecule has 9 heteroatoms. The lowest BCUT2D eigenvalue weighted by Gasteiger charge is -2.54. The van der Waals surface area contributed by atoms with Gasteiger partial charge in [0.2, 0.25) is 12.1 Å². The summed E-state index contributed by atoms with van der Waals surface area (Å²) in [7, 11) is 0. The van der Waals surface area contributed by atoms with Crippen LogP contribution in [-0.2, 0) is 14.4 Å². The summed E-state index contributed by atoms with van der Waals surface area (Å²) in [6.07, 6.45) is 0.330. The number of thioether (sulfide) groups is 1. The Bertz CT molecular complexity index is 469. The van der Waals surface area contributed by atoms with E-state index in [1.165, 1.54) is 11.8 Å². The van der Waals surface area contributed by atoms with Crippen molar-refractivity contribution in [3.05, 3.63) is 11.3 Å². The molecule has 7 nitrogen and oxygen atoms in total. The fourth-order valence-electron chi connectivity index (χ4n) is 1.98. The van der Waals surface area contributed by atoms with Gasteiger partial charge in [-0.25, -0.2) is 4.79 Å². The lowest BCUT2D eigenvalue weighted by atomic mass is 9.97. The number of rotatable bonds is 4. The predicted octanol–water partition coefficient (Wildman–Crippen LogP) is -1.12. The molecule has 0 aliphatic carbocycles. The second kappa shape index (κ2) is 4.45. The minimum Gasteiger partial charge on any atom is -0.477 e. The first kappa shape index (κ1) is 13.2. The summed E-state index contributed by atoms with van der Waals surface area (Å²) < 4.78 is 0. The number of carbonyl (C=O) groups excluding carboxylic acids is 2. The Hall–Kier alpha value is -1.25. The van der Waals surface area contributed by atoms with Crippen molar-refractivity contribution in [3.63, 3.8) is 0 Å². The van der Waals surface area contributed by atoms with Crippen molar-refractivity contribution in [2.75, 3.05) is 11.6 Å². The number of hydrogen-bond donors (Lipinski definition) is 3. The van der Waals surface area contributed by atoms with Crippen molar-refractivity contribution in [1.82, 2.24) is 10.2 Å². The highest BCUT2D eigenvalue weighted by atomic mass is 35.5. The van der Waals surface area contributed by atoms with Crippen LogP contribution in [0.1, 0.15) is 0 Å². The summed E-state index contributed by atoms with van der Waals surface area (Å²) in [6.45, 7) is 0. The summed E-state index contributed by atoms with van der Waals surface area (Å²) in [5, 5.41) is 10.7. The molecule has 0 aromatic rings. The van der Waals surface area contributed by atoms with E-state index < -0.39 is 22.9 Å². The molecule has 2 aliphatic heterocycles. The van der Waals surface area contributed by atoms with Gasteiger partial charge >= 0.3 is 5.97 Å². The zero-order valence-corrected chi connectivity index (χ0v) is 10.6. The molecule has 0 radical (unpaired) electrons. The van der Waals surface area contributed by atoms with Gasteiger partial charge in [0.15, 0.2) is 0 Å². The van der Waals surface area contributed by atoms with Gasteiger partial charge in [-0.2, -0.15) is 0 Å². The maximum absolute atomic E-state index is 11.9. The molecule has 0 spiro atoms. The second-order valence-electron chi connectivity index (χ2n) is 3.86. The molecule has 0 bridgehead atoms. The van der Waals surface area contributed by atoms with Crippen molar-refractivity contribution >= 4 is 41.6 Å². The zero-order chi connectivity index (χ0) is 13.5. The highest BCUT2D eigenvalue weighted by Crippen LogP contribution is 2.43. The molecule has 98 valence electrons. The third kappa shape index (κ3) is 1.60. The van der Waals surface area contributed by atoms with Gasteiger partial charge in [0.25, 0.3) is 5.91 Å². The molecule has 2 amide bonds. The number of nitrogens with one attached hydrogen (secondary N) is 1. The number of carboxylic acids is 1. The molecule has 2 rings (SSSR count). The molecule has 4 N–H and O–H groups in total. The average molecular weight is 292 g/mol. The highest BCUT2D eigenvalue weighted by Gasteiger charge is 2.62. The third-order valence-electron chi connectivity index (χ3n) is 2.85. The van der Waals surface area contributed by atoms with E-state index in [2.05, 4.69) is 5.32 Å². The molecule has 0 aromatic carbocycles. The minimum absolute atomic E-state index is 0.0316. The predicted molar refractivity (Wildman–Crippen MR) is 64.6 cm³/mol. The number of nitrogens with zero attached hydrogens (tertiary/aromatic N) is 1. The average Bonchev–Trinajstić information content (AvgIpc) is 2.36. The molecule has 2 aliphatic rings. The normalized spacial score (nSPS) is 30.7. The molecule has 18 heavy (non-hydrogen) atoms. The van der Waals surface area contributed by atoms with Crippen molar-refractivity contribution in [3.8, 4) is 0 Å². The summed E-state index contributed by atoms with van der Waals surface area (Å²) >= 11 is 6.93. The number of carboxylic acid groups (broad SMARTS) is 1. The van der Waals surface area contributed by atoms with Crippen LogP contribution in [0.4, 0.5) is 0 Å². The van der Waals surface area contributed by atoms with Crippen LogP contribution in [0.2, 0.25) is 0 Å². The Kier molecular flexibility index (Phi) is 3.26. The van der Waals surface area contributed by atoms with Crippen LogP contribution in [0.5, 0.6) is 0 Å². The summed E-state index contributed by atoms with van der Waals surface area (Å²) in [6, 6.07) is 0. The van der Waals surface area contributed by atoms with Crippen molar-refractivity contribution < 1.29 is 19.5 Å². The molecule has 2 atom stereocenters. The Morgan fingerprint density at radius 1 is 1.78 bits per heavy atom. The smallest absolute Gasteiger partial charge is 0.352 e. The molecule has 1 saturated heterocycles. The van der Waals surface area contributed by atoms with E-state index in [1.807, 2.05) is 0 Å². The van der Waals surface area contributed by atoms with E-state index in [0.717, 1.165) is 4.90 Å². The van der Waals surface area contributed by atoms with Gasteiger partial charge < -0.3 is 10.4 Å². The number of carbonyl (C=O) groups is 3. The lowest BCUT2D eigenvalue weighted by molar-refractivity contribution is -0.157. The summed E-state index contributed by atoms with van der Waals surface area (Å²) in [5.74, 6) is -1.48. The number of β-lactam (4-membered cyclic amide) rings is 1. The number of halogens is 1. The Balaban J connectivity index is 2.38. The number of alkyl halides is 1. The van der Waals surface area contributed by atoms with Gasteiger partial charge in [0, 0.05) is 11.6 Å². The van der Waals surface area contributed by atoms with E-state index in [4.69, 9.17) is 22.4 Å². The summed E-state index contributed by atoms with van der Waals surface area (Å²) in [5.41, 5.74) is 4.55. The zero-order valence-electron chi connectivity index (χ0n) is 9.05. The van der Waals surface area contributed by atoms with E-state index in [-0.39, 0.29) is 11.6 Å². The molecule has 0 saturated carbocycles. The van der Waals surface area contributed by atoms with Gasteiger partial charge in [-0.05, 0) is 5.57 Å². The molecule has 0 unspecified atom stereocenters. The van der Waals surface area contributed by atoms with Gasteiger partial charge in [-0.15, -0.1) is 23.4 Å². The van der Waals surface area contributed by atoms with E-state index >= 15 is 0 Å². The third-order valence-corrected chi connectivity index (χ3v) is 4.59. The van der Waals surface area contributed by atoms with E-state index in [1.54, 1.807) is 0 Å². The SMILES string of the molecule is N[C@]1(NC=O)C(=O)N2C(C(=O)O)=C(CCl)CS[C@H]21. The van der Waals surface area contributed by atoms with Crippen LogP contribution in [0.3, 0.4) is 0 Å². The number of hydrogen-bond acceptors (Lipinski definition) is 5. The van der Waals surface area contributed by atoms with Gasteiger partial charge in [-0.3, -0.25) is 20.2 Å². The van der Waals surface area contributed by atoms with Crippen LogP contribution in [0, 0.1) is 0 Å². The van der Waals surface area contributed by atoms with E-state index in [9.17, 15) is 14.4 Å². The van der Waals surface area contributed by atoms with Gasteiger partial charge in [-0.1, -0.05) is 0 Å². The van der Waals surface area contributed by atoms with E-state index in [0.29, 0.717) is 17.7 Å². The van der Waals surface area contributed by atoms with Crippen LogP contribution in [0.15, 0.2) is 11.3 Å². The standard InChI is InChI=1S/C9H10ClN3O4S/c10-1-4-2-18-8-9(11,12-3-14)7(17)13(8)5(4)6(15)16/h3,8H,1-2,11H2,(H,12,14)(H,15,16)/t8-,9-/m0/s1. The Labute approximate surface area is 111 Å². The first-order chi connectivity index (χ1) is 8.47. The highest BCUT2D eigenvalue weighted by molar-refractivity contribution is 8.00. The van der Waals surface area contributed by atoms with Crippen LogP contribution >= 0.6 is 23.4 Å². The quantitative estimate of drug-likeness (QED) is 0.262. The number of amides is 2. The topological polar surface area (TPSA) is 113 Å². The van der Waals surface area contributed by atoms with Crippen LogP contribution in [0.25, 0.3) is 0 Å². The minimum atomic E-state index is -1.54. The monoisotopic (exact) mass is 291 g/mol. The maximum atomic E-state index is 11.9. The van der Waals surface area contributed by atoms with Crippen LogP contribution in [-0.4, -0.2) is 51.0 Å². The molecule has 1 fully saturated rings. The van der Waals surface area contributed by atoms with Gasteiger partial charge in [0.05, 0.1) is 0 Å². The van der Waals surface area contributed by atoms with Crippen LogP contribution < -0.4 is 11.1 Å². The first-order valence-electron chi connectivity index (χ1n) is 4.94. The van der Waals surface area contributed by atoms with Crippen molar-refractivity contribution in [2.24, 2.45) is 5.73 Å². The lowest BCUT2D eigenvalue weighted by Crippen LogP contribution is -2.83. The first-order valence-corrected chi connectivity index (χ1v) is 6.52.